The second-order valence-electron chi connectivity index (χ2n) is 5.88. The monoisotopic (exact) mass is 361 g/mol. The maximum Gasteiger partial charge on any atom is 0.340 e. The van der Waals surface area contributed by atoms with E-state index in [0.29, 0.717) is 29.4 Å². The van der Waals surface area contributed by atoms with E-state index in [-0.39, 0.29) is 0 Å². The molecule has 25 heavy (non-hydrogen) atoms. The van der Waals surface area contributed by atoms with Crippen LogP contribution in [0.1, 0.15) is 34.3 Å². The minimum atomic E-state index is -0.400. The SMILES string of the molecule is COC(=O)c1cccc(Cl)c1NCCCCOc1ccc(C)c(C)c1. The largest absolute Gasteiger partial charge is 0.494 e. The molecule has 0 unspecified atom stereocenters. The molecule has 0 aliphatic heterocycles. The number of unbranched alkanes of at least 4 members (excludes halogenated alkanes) is 1. The molecule has 0 saturated carbocycles. The van der Waals surface area contributed by atoms with Crippen LogP contribution in [-0.2, 0) is 4.74 Å². The highest BCUT2D eigenvalue weighted by Gasteiger charge is 2.13. The molecular formula is C20H24ClNO3. The molecular weight excluding hydrogens is 338 g/mol. The highest BCUT2D eigenvalue weighted by molar-refractivity contribution is 6.34. The average Bonchev–Trinajstić information content (AvgIpc) is 2.61. The number of methoxy groups -OCH3 is 1. The third-order valence-electron chi connectivity index (χ3n) is 4.04. The van der Waals surface area contributed by atoms with Gasteiger partial charge < -0.3 is 14.8 Å². The first-order valence-electron chi connectivity index (χ1n) is 8.33. The lowest BCUT2D eigenvalue weighted by Gasteiger charge is -2.13. The van der Waals surface area contributed by atoms with Crippen molar-refractivity contribution in [1.82, 2.24) is 0 Å². The molecule has 0 bridgehead atoms. The Labute approximate surface area is 154 Å². The van der Waals surface area contributed by atoms with Gasteiger partial charge in [0.15, 0.2) is 0 Å². The van der Waals surface area contributed by atoms with Gasteiger partial charge in [0.05, 0.1) is 30.0 Å². The summed E-state index contributed by atoms with van der Waals surface area (Å²) in [6.07, 6.45) is 1.80. The van der Waals surface area contributed by atoms with Crippen molar-refractivity contribution in [2.24, 2.45) is 0 Å². The summed E-state index contributed by atoms with van der Waals surface area (Å²) in [4.78, 5) is 11.8. The van der Waals surface area contributed by atoms with E-state index >= 15 is 0 Å². The van der Waals surface area contributed by atoms with Crippen LogP contribution in [0.3, 0.4) is 0 Å². The van der Waals surface area contributed by atoms with Crippen molar-refractivity contribution < 1.29 is 14.3 Å². The summed E-state index contributed by atoms with van der Waals surface area (Å²) in [6.45, 7) is 5.51. The lowest BCUT2D eigenvalue weighted by Crippen LogP contribution is -2.10. The Morgan fingerprint density at radius 3 is 2.64 bits per heavy atom. The number of para-hydroxylation sites is 1. The second kappa shape index (κ2) is 9.33. The van der Waals surface area contributed by atoms with Crippen LogP contribution in [0, 0.1) is 13.8 Å². The average molecular weight is 362 g/mol. The Kier molecular flexibility index (Phi) is 7.14. The highest BCUT2D eigenvalue weighted by Crippen LogP contribution is 2.26. The summed E-state index contributed by atoms with van der Waals surface area (Å²) in [5.74, 6) is 0.498. The van der Waals surface area contributed by atoms with Crippen LogP contribution in [0.15, 0.2) is 36.4 Å². The number of carbonyl (C=O) groups is 1. The predicted molar refractivity (Wildman–Crippen MR) is 102 cm³/mol. The predicted octanol–water partition coefficient (Wildman–Crippen LogP) is 5.01. The zero-order valence-electron chi connectivity index (χ0n) is 14.9. The van der Waals surface area contributed by atoms with Crippen LogP contribution in [0.4, 0.5) is 5.69 Å². The van der Waals surface area contributed by atoms with Crippen LogP contribution in [0.2, 0.25) is 5.02 Å². The molecule has 0 aromatic heterocycles. The Morgan fingerprint density at radius 1 is 1.12 bits per heavy atom. The molecule has 2 aromatic rings. The van der Waals surface area contributed by atoms with Crippen molar-refractivity contribution in [3.63, 3.8) is 0 Å². The summed E-state index contributed by atoms with van der Waals surface area (Å²) in [6, 6.07) is 11.3. The molecule has 0 atom stereocenters. The van der Waals surface area contributed by atoms with E-state index in [1.165, 1.54) is 18.2 Å². The van der Waals surface area contributed by atoms with E-state index in [1.54, 1.807) is 18.2 Å². The Balaban J connectivity index is 1.78. The van der Waals surface area contributed by atoms with Gasteiger partial charge in [-0.15, -0.1) is 0 Å². The van der Waals surface area contributed by atoms with Crippen molar-refractivity contribution in [2.45, 2.75) is 26.7 Å². The lowest BCUT2D eigenvalue weighted by molar-refractivity contribution is 0.0602. The van der Waals surface area contributed by atoms with Crippen LogP contribution < -0.4 is 10.1 Å². The lowest BCUT2D eigenvalue weighted by atomic mass is 10.1. The van der Waals surface area contributed by atoms with Crippen molar-refractivity contribution >= 4 is 23.3 Å². The smallest absolute Gasteiger partial charge is 0.340 e. The summed E-state index contributed by atoms with van der Waals surface area (Å²) < 4.78 is 10.6. The fraction of sp³-hybridized carbons (Fsp3) is 0.350. The zero-order chi connectivity index (χ0) is 18.2. The molecule has 0 spiro atoms. The molecule has 0 aliphatic rings. The molecule has 0 heterocycles. The Hall–Kier alpha value is -2.20. The number of carbonyl (C=O) groups excluding carboxylic acids is 1. The van der Waals surface area contributed by atoms with Gasteiger partial charge in [0.1, 0.15) is 5.75 Å². The molecule has 0 radical (unpaired) electrons. The van der Waals surface area contributed by atoms with E-state index in [4.69, 9.17) is 21.1 Å². The number of ether oxygens (including phenoxy) is 2. The molecule has 2 aromatic carbocycles. The maximum atomic E-state index is 11.8. The number of aryl methyl sites for hydroxylation is 2. The first-order chi connectivity index (χ1) is 12.0. The van der Waals surface area contributed by atoms with Gasteiger partial charge in [-0.05, 0) is 62.1 Å². The van der Waals surface area contributed by atoms with E-state index in [2.05, 4.69) is 31.3 Å². The zero-order valence-corrected chi connectivity index (χ0v) is 15.7. The first-order valence-corrected chi connectivity index (χ1v) is 8.71. The molecule has 0 fully saturated rings. The summed E-state index contributed by atoms with van der Waals surface area (Å²) >= 11 is 6.18. The van der Waals surface area contributed by atoms with Gasteiger partial charge in [0, 0.05) is 6.54 Å². The number of halogens is 1. The molecule has 4 nitrogen and oxygen atoms in total. The standard InChI is InChI=1S/C20H24ClNO3/c1-14-9-10-16(13-15(14)2)25-12-5-4-11-22-19-17(20(23)24-3)7-6-8-18(19)21/h6-10,13,22H,4-5,11-12H2,1-3H3. The Bertz CT molecular complexity index is 731. The normalized spacial score (nSPS) is 10.4. The third-order valence-corrected chi connectivity index (χ3v) is 4.35. The number of hydrogen-bond donors (Lipinski definition) is 1. The van der Waals surface area contributed by atoms with Gasteiger partial charge >= 0.3 is 5.97 Å². The van der Waals surface area contributed by atoms with Gasteiger partial charge in [-0.1, -0.05) is 23.7 Å². The summed E-state index contributed by atoms with van der Waals surface area (Å²) in [5, 5.41) is 3.73. The molecule has 1 N–H and O–H groups in total. The number of anilines is 1. The number of nitrogens with one attached hydrogen (secondary N) is 1. The second-order valence-corrected chi connectivity index (χ2v) is 6.29. The fourth-order valence-corrected chi connectivity index (χ4v) is 2.66. The summed E-state index contributed by atoms with van der Waals surface area (Å²) in [7, 11) is 1.36. The molecule has 0 aliphatic carbocycles. The van der Waals surface area contributed by atoms with Gasteiger partial charge in [0.2, 0.25) is 0 Å². The molecule has 2 rings (SSSR count). The minimum Gasteiger partial charge on any atom is -0.494 e. The fourth-order valence-electron chi connectivity index (χ4n) is 2.42. The molecule has 5 heteroatoms. The Morgan fingerprint density at radius 2 is 1.92 bits per heavy atom. The highest BCUT2D eigenvalue weighted by atomic mass is 35.5. The molecule has 0 amide bonds. The van der Waals surface area contributed by atoms with Crippen molar-refractivity contribution in [1.29, 1.82) is 0 Å². The van der Waals surface area contributed by atoms with Crippen LogP contribution in [0.25, 0.3) is 0 Å². The van der Waals surface area contributed by atoms with Crippen molar-refractivity contribution in [3.05, 3.63) is 58.1 Å². The topological polar surface area (TPSA) is 47.6 Å². The van der Waals surface area contributed by atoms with E-state index in [0.717, 1.165) is 18.6 Å². The van der Waals surface area contributed by atoms with Crippen molar-refractivity contribution in [2.75, 3.05) is 25.6 Å². The quantitative estimate of drug-likeness (QED) is 0.530. The maximum absolute atomic E-state index is 11.8. The van der Waals surface area contributed by atoms with Gasteiger partial charge in [0.25, 0.3) is 0 Å². The molecule has 0 saturated heterocycles. The van der Waals surface area contributed by atoms with Gasteiger partial charge in [-0.3, -0.25) is 0 Å². The van der Waals surface area contributed by atoms with Crippen molar-refractivity contribution in [3.8, 4) is 5.75 Å². The number of benzene rings is 2. The van der Waals surface area contributed by atoms with E-state index in [9.17, 15) is 4.79 Å². The van der Waals surface area contributed by atoms with Crippen LogP contribution in [-0.4, -0.2) is 26.2 Å². The van der Waals surface area contributed by atoms with Crippen LogP contribution >= 0.6 is 11.6 Å². The number of hydrogen-bond acceptors (Lipinski definition) is 4. The third kappa shape index (κ3) is 5.40. The molecule has 134 valence electrons. The number of esters is 1. The van der Waals surface area contributed by atoms with Gasteiger partial charge in [-0.25, -0.2) is 4.79 Å². The summed E-state index contributed by atoms with van der Waals surface area (Å²) in [5.41, 5.74) is 3.55. The van der Waals surface area contributed by atoms with E-state index < -0.39 is 5.97 Å². The number of rotatable bonds is 8. The van der Waals surface area contributed by atoms with Gasteiger partial charge in [-0.2, -0.15) is 0 Å². The van der Waals surface area contributed by atoms with Crippen LogP contribution in [0.5, 0.6) is 5.75 Å². The minimum absolute atomic E-state index is 0.400. The first kappa shape index (κ1) is 19.1. The van der Waals surface area contributed by atoms with E-state index in [1.807, 2.05) is 6.07 Å².